The smallest absolute Gasteiger partial charge is 0.425 e. The van der Waals surface area contributed by atoms with Gasteiger partial charge < -0.3 is 34.1 Å². The number of anilines is 2. The fraction of sp³-hybridized carbons (Fsp3) is 0.526. The zero-order valence-corrected chi connectivity index (χ0v) is 34.4. The number of hydrogen-bond acceptors (Lipinski definition) is 13. The summed E-state index contributed by atoms with van der Waals surface area (Å²) in [7, 11) is 0. The number of ether oxygens (including phenoxy) is 3. The van der Waals surface area contributed by atoms with Crippen molar-refractivity contribution in [1.82, 2.24) is 34.8 Å². The van der Waals surface area contributed by atoms with Gasteiger partial charge in [-0.1, -0.05) is 11.6 Å². The number of fused-ring (bicyclic) bond motifs is 1. The maximum absolute atomic E-state index is 14.3. The molecular formula is C38H47ClF3N9O7. The van der Waals surface area contributed by atoms with Gasteiger partial charge in [0.05, 0.1) is 41.7 Å². The molecule has 0 bridgehead atoms. The maximum atomic E-state index is 14.3. The van der Waals surface area contributed by atoms with Crippen LogP contribution in [0.2, 0.25) is 5.15 Å². The van der Waals surface area contributed by atoms with Crippen LogP contribution in [0.3, 0.4) is 0 Å². The number of aromatic nitrogens is 6. The highest BCUT2D eigenvalue weighted by atomic mass is 35.5. The first-order valence-electron chi connectivity index (χ1n) is 18.3. The van der Waals surface area contributed by atoms with Crippen molar-refractivity contribution >= 4 is 52.5 Å². The molecule has 5 rings (SSSR count). The number of carbonyl (C=O) groups is 3. The molecule has 0 spiro atoms. The molecule has 5 heterocycles. The summed E-state index contributed by atoms with van der Waals surface area (Å²) in [6.45, 7) is 14.7. The third-order valence-corrected chi connectivity index (χ3v) is 8.80. The van der Waals surface area contributed by atoms with Gasteiger partial charge in [-0.3, -0.25) is 4.98 Å². The summed E-state index contributed by atoms with van der Waals surface area (Å²) in [6.07, 6.45) is -4.32. The Morgan fingerprint density at radius 1 is 0.948 bits per heavy atom. The molecule has 1 saturated heterocycles. The number of pyridine rings is 2. The van der Waals surface area contributed by atoms with Crippen molar-refractivity contribution < 1.29 is 46.9 Å². The van der Waals surface area contributed by atoms with Crippen LogP contribution in [0, 0.1) is 5.82 Å². The molecule has 1 aliphatic rings. The number of hydrogen-bond donors (Lipinski definition) is 2. The number of alkyl halides is 2. The van der Waals surface area contributed by atoms with Crippen molar-refractivity contribution in [3.63, 3.8) is 0 Å². The largest absolute Gasteiger partial charge is 0.444 e. The number of rotatable bonds is 8. The van der Waals surface area contributed by atoms with Crippen LogP contribution in [-0.4, -0.2) is 101 Å². The van der Waals surface area contributed by atoms with Gasteiger partial charge in [0.15, 0.2) is 28.0 Å². The lowest BCUT2D eigenvalue weighted by atomic mass is 9.83. The van der Waals surface area contributed by atoms with E-state index in [1.54, 1.807) is 77.8 Å². The highest BCUT2D eigenvalue weighted by Gasteiger charge is 2.48. The molecule has 1 aliphatic heterocycles. The summed E-state index contributed by atoms with van der Waals surface area (Å²) in [5.74, 6) is -0.961. The second-order valence-corrected chi connectivity index (χ2v) is 17.2. The lowest BCUT2D eigenvalue weighted by molar-refractivity contribution is -0.0664. The van der Waals surface area contributed by atoms with Crippen molar-refractivity contribution in [3.05, 3.63) is 53.6 Å². The molecular weight excluding hydrogens is 787 g/mol. The lowest BCUT2D eigenvalue weighted by Crippen LogP contribution is -2.67. The van der Waals surface area contributed by atoms with Crippen LogP contribution in [0.4, 0.5) is 39.1 Å². The SMILES string of the molecule is CC(C)(C)OC(=O)NC1(C(O)C(F)F)CCCN(c2cnc(-c3ccc(F)c(Cl)n3)cc2Cn2cnc3c(N(C(=O)OC(C)(C)C)C(=O)OC(C)(C)C)ncnc32)C1. The van der Waals surface area contributed by atoms with Gasteiger partial charge in [-0.15, -0.1) is 0 Å². The van der Waals surface area contributed by atoms with Gasteiger partial charge in [0.2, 0.25) is 0 Å². The number of aliphatic hydroxyl groups excluding tert-OH is 1. The molecule has 0 aliphatic carbocycles. The third-order valence-electron chi connectivity index (χ3n) is 8.54. The predicted molar refractivity (Wildman–Crippen MR) is 207 cm³/mol. The van der Waals surface area contributed by atoms with Crippen molar-refractivity contribution in [1.29, 1.82) is 0 Å². The van der Waals surface area contributed by atoms with Gasteiger partial charge in [0.1, 0.15) is 29.2 Å². The first-order valence-corrected chi connectivity index (χ1v) is 18.7. The number of nitrogens with one attached hydrogen (secondary N) is 1. The van der Waals surface area contributed by atoms with Crippen LogP contribution in [0.15, 0.2) is 37.1 Å². The van der Waals surface area contributed by atoms with E-state index in [2.05, 4.69) is 30.2 Å². The van der Waals surface area contributed by atoms with Crippen LogP contribution in [0.25, 0.3) is 22.6 Å². The fourth-order valence-electron chi connectivity index (χ4n) is 6.25. The number of imide groups is 1. The Hall–Kier alpha value is -5.30. The van der Waals surface area contributed by atoms with E-state index < -0.39 is 59.0 Å². The molecule has 4 aromatic rings. The van der Waals surface area contributed by atoms with Crippen molar-refractivity contribution in [2.75, 3.05) is 22.9 Å². The summed E-state index contributed by atoms with van der Waals surface area (Å²) in [6, 6.07) is 4.15. The number of amides is 3. The summed E-state index contributed by atoms with van der Waals surface area (Å²) in [4.78, 5) is 64.1. The van der Waals surface area contributed by atoms with E-state index in [4.69, 9.17) is 25.8 Å². The minimum Gasteiger partial charge on any atom is -0.444 e. The van der Waals surface area contributed by atoms with Crippen LogP contribution in [0.5, 0.6) is 0 Å². The van der Waals surface area contributed by atoms with E-state index in [9.17, 15) is 32.7 Å². The quantitative estimate of drug-likeness (QED) is 0.133. The first-order chi connectivity index (χ1) is 26.9. The molecule has 2 unspecified atom stereocenters. The van der Waals surface area contributed by atoms with Gasteiger partial charge in [0, 0.05) is 13.1 Å². The first kappa shape index (κ1) is 43.8. The molecule has 314 valence electrons. The summed E-state index contributed by atoms with van der Waals surface area (Å²) < 4.78 is 60.8. The Morgan fingerprint density at radius 3 is 2.17 bits per heavy atom. The number of aliphatic hydroxyl groups is 1. The molecule has 0 saturated carbocycles. The van der Waals surface area contributed by atoms with Crippen molar-refractivity contribution in [2.24, 2.45) is 0 Å². The second-order valence-electron chi connectivity index (χ2n) is 16.8. The van der Waals surface area contributed by atoms with Crippen LogP contribution >= 0.6 is 11.6 Å². The molecule has 2 N–H and O–H groups in total. The van der Waals surface area contributed by atoms with E-state index in [0.717, 1.165) is 12.4 Å². The normalized spacial score (nSPS) is 16.9. The number of carbonyl (C=O) groups excluding carboxylic acids is 3. The van der Waals surface area contributed by atoms with E-state index >= 15 is 0 Å². The van der Waals surface area contributed by atoms with Crippen LogP contribution in [0.1, 0.15) is 80.7 Å². The average molecular weight is 834 g/mol. The van der Waals surface area contributed by atoms with Crippen LogP contribution in [-0.2, 0) is 20.8 Å². The fourth-order valence-corrected chi connectivity index (χ4v) is 6.40. The van der Waals surface area contributed by atoms with Gasteiger partial charge in [-0.05, 0) is 98.9 Å². The van der Waals surface area contributed by atoms with Gasteiger partial charge in [-0.2, -0.15) is 4.90 Å². The Labute approximate surface area is 338 Å². The molecule has 20 heteroatoms. The Kier molecular flexibility index (Phi) is 12.5. The highest BCUT2D eigenvalue weighted by molar-refractivity contribution is 6.29. The third kappa shape index (κ3) is 10.4. The minimum atomic E-state index is -3.21. The van der Waals surface area contributed by atoms with Gasteiger partial charge in [-0.25, -0.2) is 47.5 Å². The van der Waals surface area contributed by atoms with Crippen molar-refractivity contribution in [2.45, 2.75) is 117 Å². The number of halogens is 4. The molecule has 2 atom stereocenters. The van der Waals surface area contributed by atoms with Crippen LogP contribution < -0.4 is 15.1 Å². The zero-order chi connectivity index (χ0) is 43.0. The Morgan fingerprint density at radius 2 is 1.59 bits per heavy atom. The molecule has 16 nitrogen and oxygen atoms in total. The van der Waals surface area contributed by atoms with E-state index in [1.165, 1.54) is 18.6 Å². The molecule has 0 radical (unpaired) electrons. The summed E-state index contributed by atoms with van der Waals surface area (Å²) >= 11 is 6.01. The summed E-state index contributed by atoms with van der Waals surface area (Å²) in [5, 5.41) is 13.1. The van der Waals surface area contributed by atoms with Gasteiger partial charge in [0.25, 0.3) is 6.43 Å². The number of alkyl carbamates (subject to hydrolysis) is 1. The Bertz CT molecular complexity index is 2140. The van der Waals surface area contributed by atoms with E-state index in [-0.39, 0.29) is 59.5 Å². The lowest BCUT2D eigenvalue weighted by Gasteiger charge is -2.46. The molecule has 4 aromatic heterocycles. The number of piperidine rings is 1. The minimum absolute atomic E-state index is 0.00471. The predicted octanol–water partition coefficient (Wildman–Crippen LogP) is 7.29. The van der Waals surface area contributed by atoms with Crippen molar-refractivity contribution in [3.8, 4) is 11.4 Å². The number of nitrogens with zero attached hydrogens (tertiary/aromatic N) is 8. The molecule has 0 aromatic carbocycles. The van der Waals surface area contributed by atoms with E-state index in [0.29, 0.717) is 22.7 Å². The monoisotopic (exact) mass is 833 g/mol. The maximum Gasteiger partial charge on any atom is 0.425 e. The standard InChI is InChI=1S/C38H47ClF3N9O7/c1-35(2,3)56-32(53)48-38(27(52)29(41)42)13-10-14-49(18-38)25-16-43-24(23-12-11-22(40)28(39)47-23)15-21(25)17-50-20-46-26-30(50)44-19-45-31(26)51(33(54)57-36(4,5)6)34(55)58-37(7,8)9/h11-12,15-16,19-20,27,29,52H,10,13-14,17-18H2,1-9H3,(H,48,53). The highest BCUT2D eigenvalue weighted by Crippen LogP contribution is 2.35. The van der Waals surface area contributed by atoms with Gasteiger partial charge >= 0.3 is 18.3 Å². The molecule has 3 amide bonds. The second kappa shape index (κ2) is 16.5. The topological polar surface area (TPSA) is 187 Å². The summed E-state index contributed by atoms with van der Waals surface area (Å²) in [5.41, 5.74) is -3.20. The zero-order valence-electron chi connectivity index (χ0n) is 33.6. The molecule has 1 fully saturated rings. The average Bonchev–Trinajstić information content (AvgIpc) is 3.50. The molecule has 58 heavy (non-hydrogen) atoms. The van der Waals surface area contributed by atoms with E-state index in [1.807, 2.05) is 0 Å². The Balaban J connectivity index is 1.62. The number of imidazole rings is 1.